The van der Waals surface area contributed by atoms with Crippen molar-refractivity contribution in [3.63, 3.8) is 0 Å². The van der Waals surface area contributed by atoms with E-state index in [1.165, 1.54) is 6.42 Å². The van der Waals surface area contributed by atoms with Gasteiger partial charge in [-0.2, -0.15) is 0 Å². The molecule has 1 aliphatic rings. The summed E-state index contributed by atoms with van der Waals surface area (Å²) in [5, 5.41) is 13.8. The zero-order chi connectivity index (χ0) is 15.5. The predicted octanol–water partition coefficient (Wildman–Crippen LogP) is 2.11. The number of anilines is 2. The van der Waals surface area contributed by atoms with Crippen LogP contribution in [0.4, 0.5) is 11.4 Å². The number of hydrogen-bond donors (Lipinski definition) is 4. The van der Waals surface area contributed by atoms with Gasteiger partial charge in [0.2, 0.25) is 5.91 Å². The number of hydrogen-bond acceptors (Lipinski definition) is 4. The summed E-state index contributed by atoms with van der Waals surface area (Å²) < 4.78 is 0. The van der Waals surface area contributed by atoms with Gasteiger partial charge in [-0.25, -0.2) is 0 Å². The smallest absolute Gasteiger partial charge is 0.248 e. The highest BCUT2D eigenvalue weighted by atomic mass is 16.3. The molecule has 1 aromatic carbocycles. The van der Waals surface area contributed by atoms with Gasteiger partial charge in [0.15, 0.2) is 0 Å². The van der Waals surface area contributed by atoms with Gasteiger partial charge in [-0.15, -0.1) is 0 Å². The summed E-state index contributed by atoms with van der Waals surface area (Å²) in [5.74, 6) is 0.245. The van der Waals surface area contributed by atoms with Gasteiger partial charge in [-0.1, -0.05) is 13.3 Å². The zero-order valence-corrected chi connectivity index (χ0v) is 12.6. The number of benzene rings is 1. The minimum atomic E-state index is -0.666. The Bertz CT molecular complexity index is 508. The molecule has 5 nitrogen and oxygen atoms in total. The third-order valence-electron chi connectivity index (χ3n) is 4.56. The van der Waals surface area contributed by atoms with Crippen molar-refractivity contribution in [2.75, 3.05) is 17.6 Å². The van der Waals surface area contributed by atoms with Crippen molar-refractivity contribution < 1.29 is 9.90 Å². The minimum Gasteiger partial charge on any atom is -0.397 e. The lowest BCUT2D eigenvalue weighted by molar-refractivity contribution is 0.00230. The molecule has 2 rings (SSSR count). The summed E-state index contributed by atoms with van der Waals surface area (Å²) >= 11 is 0. The molecule has 0 atom stereocenters. The van der Waals surface area contributed by atoms with Crippen LogP contribution < -0.4 is 16.8 Å². The average molecular weight is 291 g/mol. The number of aliphatic hydroxyl groups is 1. The van der Waals surface area contributed by atoms with Crippen LogP contribution in [-0.2, 0) is 0 Å². The van der Waals surface area contributed by atoms with E-state index in [4.69, 9.17) is 11.5 Å². The zero-order valence-electron chi connectivity index (χ0n) is 12.6. The molecule has 0 saturated heterocycles. The standard InChI is InChI=1S/C16H25N3O2/c1-2-11-5-7-16(21,8-6-11)10-19-14-4-3-12(15(18)20)9-13(14)17/h3-4,9,11,19,21H,2,5-8,10,17H2,1H3,(H2,18,20). The summed E-state index contributed by atoms with van der Waals surface area (Å²) in [4.78, 5) is 11.1. The van der Waals surface area contributed by atoms with Crippen molar-refractivity contribution >= 4 is 17.3 Å². The molecule has 0 radical (unpaired) electrons. The van der Waals surface area contributed by atoms with E-state index in [0.717, 1.165) is 37.3 Å². The van der Waals surface area contributed by atoms with Crippen molar-refractivity contribution in [3.8, 4) is 0 Å². The molecule has 1 amide bonds. The maximum Gasteiger partial charge on any atom is 0.248 e. The van der Waals surface area contributed by atoms with Crippen LogP contribution in [0, 0.1) is 5.92 Å². The summed E-state index contributed by atoms with van der Waals surface area (Å²) in [7, 11) is 0. The number of nitrogen functional groups attached to an aromatic ring is 1. The second-order valence-electron chi connectivity index (χ2n) is 6.10. The van der Waals surface area contributed by atoms with Crippen LogP contribution in [0.3, 0.4) is 0 Å². The molecule has 1 fully saturated rings. The maximum absolute atomic E-state index is 11.1. The maximum atomic E-state index is 11.1. The van der Waals surface area contributed by atoms with Crippen molar-refractivity contribution in [1.82, 2.24) is 0 Å². The number of rotatable bonds is 5. The number of nitrogens with one attached hydrogen (secondary N) is 1. The average Bonchev–Trinajstić information content (AvgIpc) is 2.46. The van der Waals surface area contributed by atoms with Crippen LogP contribution in [0.2, 0.25) is 0 Å². The van der Waals surface area contributed by atoms with Gasteiger partial charge in [-0.05, 0) is 49.8 Å². The number of nitrogens with two attached hydrogens (primary N) is 2. The molecule has 0 aliphatic heterocycles. The number of primary amides is 1. The molecule has 0 unspecified atom stereocenters. The van der Waals surface area contributed by atoms with E-state index in [1.807, 2.05) is 0 Å². The van der Waals surface area contributed by atoms with E-state index < -0.39 is 11.5 Å². The van der Waals surface area contributed by atoms with E-state index in [-0.39, 0.29) is 0 Å². The third kappa shape index (κ3) is 3.88. The Balaban J connectivity index is 1.95. The fourth-order valence-corrected chi connectivity index (χ4v) is 2.94. The van der Waals surface area contributed by atoms with E-state index in [9.17, 15) is 9.90 Å². The van der Waals surface area contributed by atoms with Gasteiger partial charge >= 0.3 is 0 Å². The molecule has 0 heterocycles. The highest BCUT2D eigenvalue weighted by molar-refractivity contribution is 5.94. The molecule has 21 heavy (non-hydrogen) atoms. The Morgan fingerprint density at radius 1 is 1.43 bits per heavy atom. The Kier molecular flexibility index (Phi) is 4.73. The molecular formula is C16H25N3O2. The van der Waals surface area contributed by atoms with Gasteiger partial charge in [0.05, 0.1) is 17.0 Å². The largest absolute Gasteiger partial charge is 0.397 e. The lowest BCUT2D eigenvalue weighted by Crippen LogP contribution is -2.40. The van der Waals surface area contributed by atoms with Gasteiger partial charge in [-0.3, -0.25) is 4.79 Å². The molecule has 1 aliphatic carbocycles. The Morgan fingerprint density at radius 2 is 2.10 bits per heavy atom. The molecule has 6 N–H and O–H groups in total. The Morgan fingerprint density at radius 3 is 2.62 bits per heavy atom. The van der Waals surface area contributed by atoms with Gasteiger partial charge in [0, 0.05) is 12.1 Å². The first-order valence-electron chi connectivity index (χ1n) is 7.59. The van der Waals surface area contributed by atoms with E-state index in [0.29, 0.717) is 17.8 Å². The van der Waals surface area contributed by atoms with Crippen molar-refractivity contribution in [1.29, 1.82) is 0 Å². The molecule has 116 valence electrons. The van der Waals surface area contributed by atoms with Gasteiger partial charge in [0.25, 0.3) is 0 Å². The highest BCUT2D eigenvalue weighted by Crippen LogP contribution is 2.34. The second kappa shape index (κ2) is 6.35. The van der Waals surface area contributed by atoms with Crippen LogP contribution in [0.5, 0.6) is 0 Å². The fraction of sp³-hybridized carbons (Fsp3) is 0.562. The summed E-state index contributed by atoms with van der Waals surface area (Å²) in [6.45, 7) is 2.68. The second-order valence-corrected chi connectivity index (χ2v) is 6.10. The lowest BCUT2D eigenvalue weighted by atomic mass is 9.78. The van der Waals surface area contributed by atoms with Crippen LogP contribution in [-0.4, -0.2) is 23.2 Å². The van der Waals surface area contributed by atoms with Gasteiger partial charge < -0.3 is 21.9 Å². The van der Waals surface area contributed by atoms with E-state index in [1.54, 1.807) is 18.2 Å². The molecule has 0 bridgehead atoms. The van der Waals surface area contributed by atoms with Crippen molar-refractivity contribution in [3.05, 3.63) is 23.8 Å². The van der Waals surface area contributed by atoms with E-state index in [2.05, 4.69) is 12.2 Å². The Labute approximate surface area is 125 Å². The van der Waals surface area contributed by atoms with Crippen LogP contribution in [0.15, 0.2) is 18.2 Å². The fourth-order valence-electron chi connectivity index (χ4n) is 2.94. The number of carbonyl (C=O) groups excluding carboxylic acids is 1. The molecule has 0 aromatic heterocycles. The first-order valence-corrected chi connectivity index (χ1v) is 7.59. The quantitative estimate of drug-likeness (QED) is 0.624. The van der Waals surface area contributed by atoms with Crippen LogP contribution in [0.25, 0.3) is 0 Å². The first kappa shape index (κ1) is 15.6. The minimum absolute atomic E-state index is 0.389. The van der Waals surface area contributed by atoms with Crippen LogP contribution >= 0.6 is 0 Å². The number of amides is 1. The molecular weight excluding hydrogens is 266 g/mol. The number of carbonyl (C=O) groups is 1. The normalized spacial score (nSPS) is 25.5. The van der Waals surface area contributed by atoms with E-state index >= 15 is 0 Å². The summed E-state index contributed by atoms with van der Waals surface area (Å²) in [6.07, 6.45) is 4.97. The monoisotopic (exact) mass is 291 g/mol. The lowest BCUT2D eigenvalue weighted by Gasteiger charge is -2.36. The molecule has 0 spiro atoms. The van der Waals surface area contributed by atoms with Crippen molar-refractivity contribution in [2.24, 2.45) is 11.7 Å². The molecule has 1 saturated carbocycles. The first-order chi connectivity index (χ1) is 9.93. The summed E-state index contributed by atoms with van der Waals surface area (Å²) in [5.41, 5.74) is 12.0. The SMILES string of the molecule is CCC1CCC(O)(CNc2ccc(C(N)=O)cc2N)CC1. The highest BCUT2D eigenvalue weighted by Gasteiger charge is 2.32. The van der Waals surface area contributed by atoms with Gasteiger partial charge in [0.1, 0.15) is 0 Å². The Hall–Kier alpha value is -1.75. The molecule has 1 aromatic rings. The topological polar surface area (TPSA) is 101 Å². The van der Waals surface area contributed by atoms with Crippen LogP contribution in [0.1, 0.15) is 49.4 Å². The third-order valence-corrected chi connectivity index (χ3v) is 4.56. The summed E-state index contributed by atoms with van der Waals surface area (Å²) in [6, 6.07) is 4.93. The molecule has 5 heteroatoms. The predicted molar refractivity (Wildman–Crippen MR) is 85.1 cm³/mol. The van der Waals surface area contributed by atoms with Crippen molar-refractivity contribution in [2.45, 2.75) is 44.6 Å².